The number of fused-ring (bicyclic) bond motifs is 1. The van der Waals surface area contributed by atoms with Crippen LogP contribution in [0.5, 0.6) is 23.1 Å². The van der Waals surface area contributed by atoms with Gasteiger partial charge in [-0.15, -0.1) is 0 Å². The lowest BCUT2D eigenvalue weighted by Gasteiger charge is -2.20. The van der Waals surface area contributed by atoms with Crippen LogP contribution in [0.1, 0.15) is 5.56 Å². The van der Waals surface area contributed by atoms with E-state index in [1.165, 1.54) is 12.3 Å². The Morgan fingerprint density at radius 2 is 1.87 bits per heavy atom. The molecule has 0 fully saturated rings. The number of carbonyl (C=O) groups excluding carboxylic acids is 1. The Kier molecular flexibility index (Phi) is 6.18. The highest BCUT2D eigenvalue weighted by Gasteiger charge is 2.18. The fraction of sp³-hybridized carbons (Fsp3) is 0.143. The first-order valence-corrected chi connectivity index (χ1v) is 10.1. The molecule has 0 aliphatic carbocycles. The highest BCUT2D eigenvalue weighted by Crippen LogP contribution is 2.38. The van der Waals surface area contributed by atoms with Crippen LogP contribution in [0.25, 0.3) is 0 Å². The van der Waals surface area contributed by atoms with Crippen molar-refractivity contribution < 1.29 is 19.0 Å². The first kappa shape index (κ1) is 20.6. The number of nitrogens with one attached hydrogen (secondary N) is 1. The minimum absolute atomic E-state index is 0.0879. The smallest absolute Gasteiger partial charge is 0.238 e. The van der Waals surface area contributed by atoms with Gasteiger partial charge in [-0.2, -0.15) is 0 Å². The van der Waals surface area contributed by atoms with Crippen molar-refractivity contribution >= 4 is 46.4 Å². The van der Waals surface area contributed by atoms with E-state index in [0.29, 0.717) is 51.8 Å². The average molecular weight is 466 g/mol. The molecule has 0 unspecified atom stereocenters. The predicted molar refractivity (Wildman–Crippen MR) is 116 cm³/mol. The van der Waals surface area contributed by atoms with Crippen molar-refractivity contribution in [3.63, 3.8) is 0 Å². The van der Waals surface area contributed by atoms with Crippen molar-refractivity contribution in [3.8, 4) is 23.1 Å². The highest BCUT2D eigenvalue weighted by molar-refractivity contribution is 6.35. The molecule has 2 heterocycles. The summed E-state index contributed by atoms with van der Waals surface area (Å²) in [5.41, 5.74) is 1.17. The number of amides is 1. The molecule has 0 saturated carbocycles. The van der Waals surface area contributed by atoms with Crippen LogP contribution in [0.15, 0.2) is 48.7 Å². The Morgan fingerprint density at radius 3 is 2.70 bits per heavy atom. The van der Waals surface area contributed by atoms with E-state index in [1.54, 1.807) is 36.4 Å². The maximum absolute atomic E-state index is 12.6. The van der Waals surface area contributed by atoms with E-state index < -0.39 is 0 Å². The molecule has 0 spiro atoms. The molecule has 0 atom stereocenters. The van der Waals surface area contributed by atoms with Crippen molar-refractivity contribution in [1.82, 2.24) is 4.98 Å². The Labute approximate surface area is 187 Å². The zero-order valence-corrected chi connectivity index (χ0v) is 17.7. The summed E-state index contributed by atoms with van der Waals surface area (Å²) in [6.45, 7) is 0.876. The van der Waals surface area contributed by atoms with Crippen LogP contribution in [-0.4, -0.2) is 24.1 Å². The molecule has 1 aliphatic rings. The average Bonchev–Trinajstić information content (AvgIpc) is 2.71. The quantitative estimate of drug-likeness (QED) is 0.517. The monoisotopic (exact) mass is 464 g/mol. The van der Waals surface area contributed by atoms with Gasteiger partial charge in [0.15, 0.2) is 17.2 Å². The molecule has 1 aliphatic heterocycles. The zero-order valence-electron chi connectivity index (χ0n) is 15.5. The first-order chi connectivity index (χ1) is 14.5. The van der Waals surface area contributed by atoms with Crippen molar-refractivity contribution in [1.29, 1.82) is 0 Å². The largest absolute Gasteiger partial charge is 0.486 e. The topological polar surface area (TPSA) is 69.7 Å². The van der Waals surface area contributed by atoms with Gasteiger partial charge in [0, 0.05) is 6.20 Å². The Hall–Kier alpha value is -2.67. The van der Waals surface area contributed by atoms with Gasteiger partial charge in [0.1, 0.15) is 18.2 Å². The summed E-state index contributed by atoms with van der Waals surface area (Å²) in [5, 5.41) is 3.89. The lowest BCUT2D eigenvalue weighted by Crippen LogP contribution is -2.17. The summed E-state index contributed by atoms with van der Waals surface area (Å²) in [6, 6.07) is 11.9. The number of nitrogens with zero attached hydrogens (tertiary/aromatic N) is 1. The van der Waals surface area contributed by atoms with Crippen molar-refractivity contribution in [2.24, 2.45) is 0 Å². The third-order valence-corrected chi connectivity index (χ3v) is 4.92. The van der Waals surface area contributed by atoms with E-state index in [0.717, 1.165) is 0 Å². The van der Waals surface area contributed by atoms with Crippen molar-refractivity contribution in [2.45, 2.75) is 6.42 Å². The van der Waals surface area contributed by atoms with Gasteiger partial charge < -0.3 is 19.5 Å². The van der Waals surface area contributed by atoms with Crippen LogP contribution in [-0.2, 0) is 11.2 Å². The number of benzene rings is 2. The van der Waals surface area contributed by atoms with E-state index in [9.17, 15) is 4.79 Å². The number of halogens is 3. The third-order valence-electron chi connectivity index (χ3n) is 4.16. The van der Waals surface area contributed by atoms with E-state index >= 15 is 0 Å². The predicted octanol–water partition coefficient (Wildman–Crippen LogP) is 5.79. The molecular weight excluding hydrogens is 451 g/mol. The highest BCUT2D eigenvalue weighted by atomic mass is 35.5. The van der Waals surface area contributed by atoms with E-state index in [-0.39, 0.29) is 23.2 Å². The number of anilines is 1. The van der Waals surface area contributed by atoms with Gasteiger partial charge in [-0.1, -0.05) is 46.9 Å². The number of aromatic nitrogens is 1. The maximum Gasteiger partial charge on any atom is 0.238 e. The van der Waals surface area contributed by atoms with Gasteiger partial charge in [0.05, 0.1) is 22.2 Å². The minimum Gasteiger partial charge on any atom is -0.486 e. The van der Waals surface area contributed by atoms with Crippen LogP contribution < -0.4 is 19.5 Å². The molecule has 9 heteroatoms. The maximum atomic E-state index is 12.6. The summed E-state index contributed by atoms with van der Waals surface area (Å²) in [7, 11) is 0. The Morgan fingerprint density at radius 1 is 1.07 bits per heavy atom. The Balaban J connectivity index is 1.49. The number of hydrogen-bond acceptors (Lipinski definition) is 5. The number of carbonyl (C=O) groups is 1. The van der Waals surface area contributed by atoms with E-state index in [2.05, 4.69) is 10.3 Å². The van der Waals surface area contributed by atoms with Crippen LogP contribution in [0.3, 0.4) is 0 Å². The third kappa shape index (κ3) is 4.73. The fourth-order valence-electron chi connectivity index (χ4n) is 2.89. The molecule has 0 radical (unpaired) electrons. The molecule has 3 aromatic rings. The van der Waals surface area contributed by atoms with Crippen molar-refractivity contribution in [3.05, 3.63) is 69.3 Å². The van der Waals surface area contributed by atoms with Gasteiger partial charge in [0.25, 0.3) is 0 Å². The molecule has 30 heavy (non-hydrogen) atoms. The minimum atomic E-state index is -0.256. The van der Waals surface area contributed by atoms with Crippen LogP contribution in [0.4, 0.5) is 5.69 Å². The number of para-hydroxylation sites is 2. The molecular formula is C21H15Cl3N2O4. The van der Waals surface area contributed by atoms with Gasteiger partial charge >= 0.3 is 0 Å². The SMILES string of the molecule is O=C(Cc1cc(Cl)c2c(c1)OCCO2)Nc1ccccc1Oc1ncc(Cl)cc1Cl. The molecule has 6 nitrogen and oxygen atoms in total. The summed E-state index contributed by atoms with van der Waals surface area (Å²) in [4.78, 5) is 16.7. The lowest BCUT2D eigenvalue weighted by atomic mass is 10.1. The van der Waals surface area contributed by atoms with E-state index in [4.69, 9.17) is 49.0 Å². The van der Waals surface area contributed by atoms with E-state index in [1.807, 2.05) is 0 Å². The fourth-order valence-corrected chi connectivity index (χ4v) is 3.59. The van der Waals surface area contributed by atoms with Crippen LogP contribution in [0.2, 0.25) is 15.1 Å². The first-order valence-electron chi connectivity index (χ1n) is 8.95. The van der Waals surface area contributed by atoms with Crippen LogP contribution in [0, 0.1) is 0 Å². The standard InChI is InChI=1S/C21H15Cl3N2O4/c22-13-10-15(24)21(25-11-13)30-17-4-2-1-3-16(17)26-19(27)9-12-7-14(23)20-18(8-12)28-5-6-29-20/h1-4,7-8,10-11H,5-6,9H2,(H,26,27). The molecule has 154 valence electrons. The van der Waals surface area contributed by atoms with Gasteiger partial charge in [-0.25, -0.2) is 4.98 Å². The number of hydrogen-bond donors (Lipinski definition) is 1. The van der Waals surface area contributed by atoms with Crippen molar-refractivity contribution in [2.75, 3.05) is 18.5 Å². The summed E-state index contributed by atoms with van der Waals surface area (Å²) < 4.78 is 16.8. The molecule has 0 saturated heterocycles. The number of ether oxygens (including phenoxy) is 3. The van der Waals surface area contributed by atoms with Gasteiger partial charge in [-0.3, -0.25) is 4.79 Å². The molecule has 1 amide bonds. The molecule has 2 aromatic carbocycles. The van der Waals surface area contributed by atoms with Crippen LogP contribution >= 0.6 is 34.8 Å². The molecule has 1 aromatic heterocycles. The molecule has 4 rings (SSSR count). The van der Waals surface area contributed by atoms with Gasteiger partial charge in [-0.05, 0) is 35.9 Å². The second-order valence-electron chi connectivity index (χ2n) is 6.37. The number of pyridine rings is 1. The zero-order chi connectivity index (χ0) is 21.1. The lowest BCUT2D eigenvalue weighted by molar-refractivity contribution is -0.115. The second kappa shape index (κ2) is 9.00. The Bertz CT molecular complexity index is 1110. The second-order valence-corrected chi connectivity index (χ2v) is 7.62. The van der Waals surface area contributed by atoms with Gasteiger partial charge in [0.2, 0.25) is 11.8 Å². The summed E-state index contributed by atoms with van der Waals surface area (Å²) in [5.74, 6) is 1.35. The molecule has 0 bridgehead atoms. The summed E-state index contributed by atoms with van der Waals surface area (Å²) in [6.07, 6.45) is 1.51. The summed E-state index contributed by atoms with van der Waals surface area (Å²) >= 11 is 18.2. The number of rotatable bonds is 5. The molecule has 1 N–H and O–H groups in total. The normalized spacial score (nSPS) is 12.4.